The van der Waals surface area contributed by atoms with Gasteiger partial charge in [0.05, 0.1) is 0 Å². The van der Waals surface area contributed by atoms with E-state index in [1.54, 1.807) is 12.1 Å². The standard InChI is InChI=1S/C18H24FN/c19-16-3-1-11(2-4-16)10-17(20)18-14-6-12-5-13(8-14)9-15(18)7-12/h1-4,12-15,17-18H,5-10,20H2. The van der Waals surface area contributed by atoms with Gasteiger partial charge in [0.15, 0.2) is 0 Å². The molecule has 5 rings (SSSR count). The second-order valence-corrected chi connectivity index (χ2v) is 7.50. The van der Waals surface area contributed by atoms with Gasteiger partial charge in [0.2, 0.25) is 0 Å². The zero-order valence-corrected chi connectivity index (χ0v) is 12.0. The molecule has 1 aromatic rings. The van der Waals surface area contributed by atoms with Gasteiger partial charge >= 0.3 is 0 Å². The van der Waals surface area contributed by atoms with Gasteiger partial charge in [-0.2, -0.15) is 0 Å². The van der Waals surface area contributed by atoms with Crippen molar-refractivity contribution >= 4 is 0 Å². The van der Waals surface area contributed by atoms with E-state index in [0.717, 1.165) is 30.1 Å². The summed E-state index contributed by atoms with van der Waals surface area (Å²) < 4.78 is 13.0. The molecule has 1 aromatic carbocycles. The highest BCUT2D eigenvalue weighted by Gasteiger charge is 2.49. The quantitative estimate of drug-likeness (QED) is 0.891. The van der Waals surface area contributed by atoms with Crippen molar-refractivity contribution in [3.05, 3.63) is 35.6 Å². The van der Waals surface area contributed by atoms with Gasteiger partial charge in [-0.25, -0.2) is 4.39 Å². The number of nitrogens with two attached hydrogens (primary N) is 1. The number of hydrogen-bond acceptors (Lipinski definition) is 1. The van der Waals surface area contributed by atoms with Crippen molar-refractivity contribution in [1.29, 1.82) is 0 Å². The van der Waals surface area contributed by atoms with Crippen molar-refractivity contribution in [2.45, 2.75) is 44.6 Å². The first-order chi connectivity index (χ1) is 9.69. The lowest BCUT2D eigenvalue weighted by Gasteiger charge is -2.56. The first-order valence-corrected chi connectivity index (χ1v) is 8.19. The topological polar surface area (TPSA) is 26.0 Å². The highest BCUT2D eigenvalue weighted by molar-refractivity contribution is 5.18. The minimum atomic E-state index is -0.156. The molecule has 20 heavy (non-hydrogen) atoms. The third-order valence-electron chi connectivity index (χ3n) is 6.18. The van der Waals surface area contributed by atoms with E-state index in [2.05, 4.69) is 0 Å². The molecule has 4 saturated carbocycles. The summed E-state index contributed by atoms with van der Waals surface area (Å²) >= 11 is 0. The Morgan fingerprint density at radius 1 is 0.950 bits per heavy atom. The van der Waals surface area contributed by atoms with Crippen LogP contribution >= 0.6 is 0 Å². The molecule has 1 unspecified atom stereocenters. The molecular weight excluding hydrogens is 249 g/mol. The first-order valence-electron chi connectivity index (χ1n) is 8.19. The van der Waals surface area contributed by atoms with Gasteiger partial charge < -0.3 is 5.73 Å². The second kappa shape index (κ2) is 4.84. The maximum Gasteiger partial charge on any atom is 0.123 e. The largest absolute Gasteiger partial charge is 0.327 e. The van der Waals surface area contributed by atoms with Crippen LogP contribution in [0.25, 0.3) is 0 Å². The Bertz CT molecular complexity index is 453. The maximum atomic E-state index is 13.0. The van der Waals surface area contributed by atoms with Crippen molar-refractivity contribution in [3.63, 3.8) is 0 Å². The molecule has 4 aliphatic rings. The molecule has 4 aliphatic carbocycles. The van der Waals surface area contributed by atoms with E-state index in [4.69, 9.17) is 5.73 Å². The van der Waals surface area contributed by atoms with Crippen LogP contribution in [0.1, 0.15) is 37.7 Å². The van der Waals surface area contributed by atoms with E-state index in [1.165, 1.54) is 37.7 Å². The van der Waals surface area contributed by atoms with Gasteiger partial charge in [0.1, 0.15) is 5.82 Å². The van der Waals surface area contributed by atoms with Crippen LogP contribution in [-0.4, -0.2) is 6.04 Å². The van der Waals surface area contributed by atoms with Crippen LogP contribution < -0.4 is 5.73 Å². The van der Waals surface area contributed by atoms with Gasteiger partial charge in [0.25, 0.3) is 0 Å². The molecule has 4 fully saturated rings. The Kier molecular flexibility index (Phi) is 3.10. The molecule has 0 saturated heterocycles. The molecule has 0 amide bonds. The van der Waals surface area contributed by atoms with Crippen LogP contribution in [0.2, 0.25) is 0 Å². The molecule has 2 heteroatoms. The molecular formula is C18H24FN. The summed E-state index contributed by atoms with van der Waals surface area (Å²) in [5.74, 6) is 4.33. The Hall–Kier alpha value is -0.890. The van der Waals surface area contributed by atoms with E-state index < -0.39 is 0 Å². The van der Waals surface area contributed by atoms with Crippen LogP contribution in [0.3, 0.4) is 0 Å². The van der Waals surface area contributed by atoms with E-state index in [0.29, 0.717) is 5.92 Å². The maximum absolute atomic E-state index is 13.0. The molecule has 0 spiro atoms. The van der Waals surface area contributed by atoms with Gasteiger partial charge in [0, 0.05) is 6.04 Å². The highest BCUT2D eigenvalue weighted by atomic mass is 19.1. The number of hydrogen-bond donors (Lipinski definition) is 1. The monoisotopic (exact) mass is 273 g/mol. The van der Waals surface area contributed by atoms with Crippen LogP contribution in [0.5, 0.6) is 0 Å². The smallest absolute Gasteiger partial charge is 0.123 e. The van der Waals surface area contributed by atoms with Gasteiger partial charge in [-0.3, -0.25) is 0 Å². The lowest BCUT2D eigenvalue weighted by molar-refractivity contribution is -0.0464. The van der Waals surface area contributed by atoms with E-state index in [9.17, 15) is 4.39 Å². The van der Waals surface area contributed by atoms with Gasteiger partial charge in [-0.1, -0.05) is 12.1 Å². The predicted octanol–water partition coefficient (Wildman–Crippen LogP) is 3.77. The van der Waals surface area contributed by atoms with Crippen LogP contribution in [0.15, 0.2) is 24.3 Å². The highest BCUT2D eigenvalue weighted by Crippen LogP contribution is 2.57. The lowest BCUT2D eigenvalue weighted by atomic mass is 9.50. The Morgan fingerprint density at radius 3 is 2.05 bits per heavy atom. The predicted molar refractivity (Wildman–Crippen MR) is 78.6 cm³/mol. The molecule has 4 bridgehead atoms. The molecule has 1 nitrogen and oxygen atoms in total. The fraction of sp³-hybridized carbons (Fsp3) is 0.667. The van der Waals surface area contributed by atoms with E-state index in [-0.39, 0.29) is 11.9 Å². The SMILES string of the molecule is NC(Cc1ccc(F)cc1)C1C2CC3CC(C2)CC1C3. The Morgan fingerprint density at radius 2 is 1.50 bits per heavy atom. The fourth-order valence-electron chi connectivity index (χ4n) is 5.70. The summed E-state index contributed by atoms with van der Waals surface area (Å²) in [6, 6.07) is 7.16. The lowest BCUT2D eigenvalue weighted by Crippen LogP contribution is -2.52. The molecule has 0 aliphatic heterocycles. The average Bonchev–Trinajstić information content (AvgIpc) is 2.40. The summed E-state index contributed by atoms with van der Waals surface area (Å²) in [6.07, 6.45) is 8.10. The zero-order valence-electron chi connectivity index (χ0n) is 12.0. The van der Waals surface area contributed by atoms with Crippen LogP contribution in [-0.2, 0) is 6.42 Å². The Labute approximate surface area is 120 Å². The summed E-state index contributed by atoms with van der Waals surface area (Å²) in [7, 11) is 0. The summed E-state index contributed by atoms with van der Waals surface area (Å²) in [5.41, 5.74) is 7.76. The van der Waals surface area contributed by atoms with Crippen molar-refractivity contribution in [2.24, 2.45) is 35.3 Å². The summed E-state index contributed by atoms with van der Waals surface area (Å²) in [6.45, 7) is 0. The third-order valence-corrected chi connectivity index (χ3v) is 6.18. The minimum absolute atomic E-state index is 0.156. The average molecular weight is 273 g/mol. The minimum Gasteiger partial charge on any atom is -0.327 e. The summed E-state index contributed by atoms with van der Waals surface area (Å²) in [5, 5.41) is 0. The van der Waals surface area contributed by atoms with Crippen molar-refractivity contribution in [2.75, 3.05) is 0 Å². The molecule has 0 radical (unpaired) electrons. The molecule has 0 heterocycles. The van der Waals surface area contributed by atoms with Crippen molar-refractivity contribution < 1.29 is 4.39 Å². The third kappa shape index (κ3) is 2.18. The molecule has 2 N–H and O–H groups in total. The number of halogens is 1. The van der Waals surface area contributed by atoms with Gasteiger partial charge in [-0.15, -0.1) is 0 Å². The molecule has 0 aromatic heterocycles. The number of rotatable bonds is 3. The van der Waals surface area contributed by atoms with Crippen LogP contribution in [0, 0.1) is 35.4 Å². The first kappa shape index (κ1) is 12.8. The molecule has 108 valence electrons. The zero-order chi connectivity index (χ0) is 13.7. The second-order valence-electron chi connectivity index (χ2n) is 7.50. The summed E-state index contributed by atoms with van der Waals surface area (Å²) in [4.78, 5) is 0. The van der Waals surface area contributed by atoms with E-state index >= 15 is 0 Å². The van der Waals surface area contributed by atoms with Crippen molar-refractivity contribution in [1.82, 2.24) is 0 Å². The fourth-order valence-corrected chi connectivity index (χ4v) is 5.70. The van der Waals surface area contributed by atoms with Crippen LogP contribution in [0.4, 0.5) is 4.39 Å². The van der Waals surface area contributed by atoms with E-state index in [1.807, 2.05) is 12.1 Å². The number of benzene rings is 1. The van der Waals surface area contributed by atoms with Crippen molar-refractivity contribution in [3.8, 4) is 0 Å². The molecule has 1 atom stereocenters. The van der Waals surface area contributed by atoms with Gasteiger partial charge in [-0.05, 0) is 85.8 Å². The normalized spacial score (nSPS) is 40.0. The Balaban J connectivity index is 1.48.